The number of ether oxygens (including phenoxy) is 1. The summed E-state index contributed by atoms with van der Waals surface area (Å²) >= 11 is 11.5. The lowest BCUT2D eigenvalue weighted by Gasteiger charge is -2.13. The summed E-state index contributed by atoms with van der Waals surface area (Å²) in [6, 6.07) is 11.2. The minimum absolute atomic E-state index is 0.0695. The number of halogens is 5. The first-order valence-corrected chi connectivity index (χ1v) is 10.5. The Labute approximate surface area is 177 Å². The van der Waals surface area contributed by atoms with Gasteiger partial charge in [0.15, 0.2) is 0 Å². The van der Waals surface area contributed by atoms with Crippen molar-refractivity contribution in [1.82, 2.24) is 4.98 Å². The Morgan fingerprint density at radius 3 is 2.33 bits per heavy atom. The fraction of sp³-hybridized carbons (Fsp3) is 0.0556. The molecule has 0 bridgehead atoms. The Morgan fingerprint density at radius 2 is 1.80 bits per heavy atom. The molecule has 0 aliphatic rings. The van der Waals surface area contributed by atoms with Crippen LogP contribution in [0.15, 0.2) is 54.7 Å². The van der Waals surface area contributed by atoms with E-state index in [1.165, 1.54) is 0 Å². The summed E-state index contributed by atoms with van der Waals surface area (Å²) in [4.78, 5) is 14.2. The molecule has 12 heteroatoms. The normalized spacial score (nSPS) is 11.8. The first-order chi connectivity index (χ1) is 14.1. The average molecular weight is 476 g/mol. The monoisotopic (exact) mass is 475 g/mol. The van der Waals surface area contributed by atoms with Crippen molar-refractivity contribution in [2.45, 2.75) is 6.18 Å². The number of pyridine rings is 1. The van der Waals surface area contributed by atoms with Gasteiger partial charge in [-0.2, -0.15) is 13.2 Å². The molecule has 0 fully saturated rings. The molecule has 3 rings (SSSR count). The fourth-order valence-electron chi connectivity index (χ4n) is 2.53. The first kappa shape index (κ1) is 22.0. The second kappa shape index (κ2) is 8.55. The lowest BCUT2D eigenvalue weighted by atomic mass is 10.0. The van der Waals surface area contributed by atoms with Crippen molar-refractivity contribution in [1.29, 1.82) is 0 Å². The molecule has 30 heavy (non-hydrogen) atoms. The van der Waals surface area contributed by atoms with Crippen molar-refractivity contribution >= 4 is 41.0 Å². The molecule has 0 aliphatic heterocycles. The van der Waals surface area contributed by atoms with E-state index in [1.54, 1.807) is 30.3 Å². The Kier molecular flexibility index (Phi) is 6.26. The molecule has 0 N–H and O–H groups in total. The van der Waals surface area contributed by atoms with E-state index in [4.69, 9.17) is 27.6 Å². The maximum absolute atomic E-state index is 12.8. The molecule has 0 spiro atoms. The highest BCUT2D eigenvalue weighted by Gasteiger charge is 2.34. The number of hydrogen-bond acceptors (Lipinski definition) is 5. The first-order valence-electron chi connectivity index (χ1n) is 7.99. The molecule has 0 saturated carbocycles. The van der Waals surface area contributed by atoms with Gasteiger partial charge in [-0.05, 0) is 16.2 Å². The third kappa shape index (κ3) is 4.70. The van der Waals surface area contributed by atoms with Crippen molar-refractivity contribution in [2.75, 3.05) is 0 Å². The number of aromatic nitrogens is 1. The summed E-state index contributed by atoms with van der Waals surface area (Å²) in [6.45, 7) is 0. The van der Waals surface area contributed by atoms with Crippen LogP contribution in [-0.4, -0.2) is 9.91 Å². The molecule has 3 aromatic rings. The summed E-state index contributed by atoms with van der Waals surface area (Å²) in [5.41, 5.74) is -0.868. The summed E-state index contributed by atoms with van der Waals surface area (Å²) in [7, 11) is -2.65. The van der Waals surface area contributed by atoms with Crippen LogP contribution in [-0.2, 0) is 10.7 Å². The highest BCUT2D eigenvalue weighted by molar-refractivity contribution is 7.80. The van der Waals surface area contributed by atoms with Gasteiger partial charge < -0.3 is 4.74 Å². The molecule has 154 valence electrons. The summed E-state index contributed by atoms with van der Waals surface area (Å²) in [6.07, 6.45) is -4.11. The fourth-order valence-corrected chi connectivity index (χ4v) is 3.69. The van der Waals surface area contributed by atoms with E-state index in [0.29, 0.717) is 17.8 Å². The van der Waals surface area contributed by atoms with Crippen LogP contribution in [0.4, 0.5) is 18.9 Å². The molecule has 1 heterocycles. The zero-order chi connectivity index (χ0) is 22.1. The van der Waals surface area contributed by atoms with E-state index < -0.39 is 34.5 Å². The number of hydrogen-bond donors (Lipinski definition) is 0. The van der Waals surface area contributed by atoms with Gasteiger partial charge in [-0.3, -0.25) is 10.1 Å². The average Bonchev–Trinajstić information content (AvgIpc) is 2.68. The van der Waals surface area contributed by atoms with Crippen molar-refractivity contribution < 1.29 is 27.4 Å². The molecule has 0 saturated heterocycles. The minimum Gasteiger partial charge on any atom is -0.437 e. The molecule has 0 radical (unpaired) electrons. The van der Waals surface area contributed by atoms with E-state index in [1.807, 2.05) is 0 Å². The standard InChI is InChI=1S/C18H9Cl2F3N2O4P/c19-13-6-11(18(21,22)23)9-24-17(13)29-15-8-16(30(20)28)14(25(26)27)7-12(15)10-4-2-1-3-5-10/h1-9H/q+1. The second-order valence-corrected chi connectivity index (χ2v) is 8.12. The SMILES string of the molecule is O=[N+]([O-])c1cc(-c2ccccc2)c(Oc2ncc(C(F)(F)F)cc2Cl)cc1[P+](=O)Cl. The molecule has 0 amide bonds. The predicted molar refractivity (Wildman–Crippen MR) is 106 cm³/mol. The number of nitrogens with zero attached hydrogens (tertiary/aromatic N) is 2. The molecule has 1 atom stereocenters. The summed E-state index contributed by atoms with van der Waals surface area (Å²) < 4.78 is 55.9. The molecule has 6 nitrogen and oxygen atoms in total. The Hall–Kier alpha value is -2.74. The smallest absolute Gasteiger partial charge is 0.437 e. The lowest BCUT2D eigenvalue weighted by Crippen LogP contribution is -2.07. The van der Waals surface area contributed by atoms with Crippen molar-refractivity contribution in [2.24, 2.45) is 0 Å². The highest BCUT2D eigenvalue weighted by Crippen LogP contribution is 2.41. The number of rotatable bonds is 5. The molecular weight excluding hydrogens is 467 g/mol. The van der Waals surface area contributed by atoms with Crippen molar-refractivity contribution in [3.05, 3.63) is 75.4 Å². The summed E-state index contributed by atoms with van der Waals surface area (Å²) in [5.74, 6) is -0.439. The number of nitro groups is 1. The molecule has 2 aromatic carbocycles. The third-order valence-corrected chi connectivity index (χ3v) is 5.44. The zero-order valence-corrected chi connectivity index (χ0v) is 17.0. The maximum Gasteiger partial charge on any atom is 0.501 e. The van der Waals surface area contributed by atoms with Gasteiger partial charge in [0.2, 0.25) is 17.1 Å². The number of alkyl halides is 3. The van der Waals surface area contributed by atoms with Gasteiger partial charge in [0.05, 0.1) is 10.5 Å². The van der Waals surface area contributed by atoms with Gasteiger partial charge in [0, 0.05) is 23.9 Å². The van der Waals surface area contributed by atoms with Crippen molar-refractivity contribution in [3.8, 4) is 22.8 Å². The van der Waals surface area contributed by atoms with E-state index in [0.717, 1.165) is 12.1 Å². The van der Waals surface area contributed by atoms with Gasteiger partial charge in [0.25, 0.3) is 5.30 Å². The van der Waals surface area contributed by atoms with Crippen LogP contribution in [0.2, 0.25) is 5.02 Å². The Morgan fingerprint density at radius 1 is 1.13 bits per heavy atom. The van der Waals surface area contributed by atoms with Crippen LogP contribution in [0.1, 0.15) is 5.56 Å². The summed E-state index contributed by atoms with van der Waals surface area (Å²) in [5, 5.41) is 10.7. The topological polar surface area (TPSA) is 82.3 Å². The Balaban J connectivity index is 2.17. The third-order valence-electron chi connectivity index (χ3n) is 3.89. The van der Waals surface area contributed by atoms with Crippen LogP contribution in [0.5, 0.6) is 11.6 Å². The Bertz CT molecular complexity index is 1140. The highest BCUT2D eigenvalue weighted by atomic mass is 35.7. The van der Waals surface area contributed by atoms with E-state index in [9.17, 15) is 27.9 Å². The van der Waals surface area contributed by atoms with Gasteiger partial charge in [-0.15, -0.1) is 0 Å². The molecule has 1 aromatic heterocycles. The van der Waals surface area contributed by atoms with Crippen molar-refractivity contribution in [3.63, 3.8) is 0 Å². The van der Waals surface area contributed by atoms with E-state index >= 15 is 0 Å². The largest absolute Gasteiger partial charge is 0.501 e. The lowest BCUT2D eigenvalue weighted by molar-refractivity contribution is -0.383. The second-order valence-electron chi connectivity index (χ2n) is 5.82. The van der Waals surface area contributed by atoms with E-state index in [2.05, 4.69) is 4.98 Å². The van der Waals surface area contributed by atoms with Gasteiger partial charge in [-0.1, -0.05) is 41.9 Å². The van der Waals surface area contributed by atoms with Crippen LogP contribution in [0.3, 0.4) is 0 Å². The molecule has 1 unspecified atom stereocenters. The quantitative estimate of drug-likeness (QED) is 0.232. The van der Waals surface area contributed by atoms with Gasteiger partial charge >= 0.3 is 19.0 Å². The predicted octanol–water partition coefficient (Wildman–Crippen LogP) is 6.73. The van der Waals surface area contributed by atoms with Gasteiger partial charge in [-0.25, -0.2) is 4.98 Å². The van der Waals surface area contributed by atoms with Crippen LogP contribution in [0.25, 0.3) is 11.1 Å². The molecular formula is C18H9Cl2F3N2O4P+. The minimum atomic E-state index is -4.65. The number of nitro benzene ring substituents is 1. The van der Waals surface area contributed by atoms with E-state index in [-0.39, 0.29) is 22.5 Å². The van der Waals surface area contributed by atoms with Crippen LogP contribution >= 0.6 is 30.0 Å². The maximum atomic E-state index is 12.8. The van der Waals surface area contributed by atoms with Crippen LogP contribution in [0, 0.1) is 10.1 Å². The zero-order valence-electron chi connectivity index (χ0n) is 14.6. The van der Waals surface area contributed by atoms with Gasteiger partial charge in [0.1, 0.15) is 10.8 Å². The number of benzene rings is 2. The van der Waals surface area contributed by atoms with Crippen LogP contribution < -0.4 is 10.0 Å². The molecule has 0 aliphatic carbocycles.